The van der Waals surface area contributed by atoms with Crippen LogP contribution in [0.4, 0.5) is 0 Å². The van der Waals surface area contributed by atoms with Gasteiger partial charge in [-0.25, -0.2) is 0 Å². The van der Waals surface area contributed by atoms with E-state index in [0.29, 0.717) is 6.54 Å². The number of nitrogens with zero attached hydrogens (tertiary/aromatic N) is 1. The first-order chi connectivity index (χ1) is 3.00. The Morgan fingerprint density at radius 2 is 2.83 bits per heavy atom. The van der Waals surface area contributed by atoms with Gasteiger partial charge in [-0.15, -0.1) is 5.43 Å². The Balaban J connectivity index is 2.26. The van der Waals surface area contributed by atoms with Gasteiger partial charge in [-0.3, -0.25) is 0 Å². The molecule has 0 atom stereocenters. The van der Waals surface area contributed by atoms with Crippen molar-refractivity contribution in [2.45, 2.75) is 0 Å². The average molecular weight is 85.1 g/mol. The normalized spacial score (nSPS) is 20.0. The van der Waals surface area contributed by atoms with Crippen LogP contribution in [0.1, 0.15) is 0 Å². The standard InChI is InChI=1S/C3H5N2O/c1-2-4-5-6-3-1/h1,3,5H,2H2. The topological polar surface area (TPSA) is 35.4 Å². The third-order valence-electron chi connectivity index (χ3n) is 0.478. The summed E-state index contributed by atoms with van der Waals surface area (Å²) in [6.45, 7) is 0.708. The molecule has 3 nitrogen and oxygen atoms in total. The maximum Gasteiger partial charge on any atom is 0.110 e. The molecule has 33 valence electrons. The van der Waals surface area contributed by atoms with Crippen LogP contribution < -0.4 is 11.0 Å². The predicted octanol–water partition coefficient (Wildman–Crippen LogP) is -0.446. The molecule has 0 unspecified atom stereocenters. The first-order valence-electron chi connectivity index (χ1n) is 1.72. The summed E-state index contributed by atoms with van der Waals surface area (Å²) >= 11 is 0. The van der Waals surface area contributed by atoms with Crippen LogP contribution in [0.5, 0.6) is 0 Å². The zero-order valence-corrected chi connectivity index (χ0v) is 3.22. The van der Waals surface area contributed by atoms with Crippen LogP contribution in [0.15, 0.2) is 12.3 Å². The molecule has 0 aromatic heterocycles. The van der Waals surface area contributed by atoms with Gasteiger partial charge in [0, 0.05) is 0 Å². The second-order valence-corrected chi connectivity index (χ2v) is 0.922. The lowest BCUT2D eigenvalue weighted by Crippen LogP contribution is -2.25. The molecule has 0 saturated carbocycles. The molecule has 0 spiro atoms. The second kappa shape index (κ2) is 1.79. The molecule has 0 saturated heterocycles. The Kier molecular flexibility index (Phi) is 1.09. The van der Waals surface area contributed by atoms with Crippen molar-refractivity contribution >= 4 is 0 Å². The van der Waals surface area contributed by atoms with Gasteiger partial charge in [0.15, 0.2) is 0 Å². The second-order valence-electron chi connectivity index (χ2n) is 0.922. The molecular weight excluding hydrogens is 80.0 g/mol. The summed E-state index contributed by atoms with van der Waals surface area (Å²) in [5.41, 5.74) is 5.94. The Morgan fingerprint density at radius 3 is 3.00 bits per heavy atom. The summed E-state index contributed by atoms with van der Waals surface area (Å²) in [5, 5.41) is 0. The Bertz CT molecular complexity index is 53.8. The fourth-order valence-corrected chi connectivity index (χ4v) is 0.249. The Morgan fingerprint density at radius 1 is 1.83 bits per heavy atom. The van der Waals surface area contributed by atoms with Crippen molar-refractivity contribution in [3.05, 3.63) is 12.3 Å². The Hall–Kier alpha value is -0.540. The first kappa shape index (κ1) is 3.64. The third-order valence-corrected chi connectivity index (χ3v) is 0.478. The molecule has 1 radical (unpaired) electrons. The zero-order valence-electron chi connectivity index (χ0n) is 3.22. The fraction of sp³-hybridized carbons (Fsp3) is 0.333. The Labute approximate surface area is 35.9 Å². The molecule has 1 rings (SSSR count). The van der Waals surface area contributed by atoms with E-state index < -0.39 is 0 Å². The van der Waals surface area contributed by atoms with Crippen LogP contribution in [0.3, 0.4) is 0 Å². The van der Waals surface area contributed by atoms with E-state index in [1.165, 1.54) is 0 Å². The maximum atomic E-state index is 4.47. The molecule has 1 heterocycles. The van der Waals surface area contributed by atoms with Gasteiger partial charge in [-0.1, -0.05) is 5.59 Å². The molecule has 6 heavy (non-hydrogen) atoms. The molecule has 1 aliphatic heterocycles. The number of nitrogens with one attached hydrogen (secondary N) is 1. The summed E-state index contributed by atoms with van der Waals surface area (Å²) in [5.74, 6) is 0. The molecule has 0 aromatic carbocycles. The molecule has 1 N–H and O–H groups in total. The first-order valence-corrected chi connectivity index (χ1v) is 1.72. The van der Waals surface area contributed by atoms with Crippen molar-refractivity contribution in [2.24, 2.45) is 0 Å². The molecule has 0 fully saturated rings. The minimum absolute atomic E-state index is 0.708. The number of rotatable bonds is 0. The summed E-state index contributed by atoms with van der Waals surface area (Å²) in [7, 11) is 0. The highest BCUT2D eigenvalue weighted by atomic mass is 16.7. The largest absolute Gasteiger partial charge is 0.401 e. The lowest BCUT2D eigenvalue weighted by molar-refractivity contribution is 0.0812. The van der Waals surface area contributed by atoms with Gasteiger partial charge in [0.1, 0.15) is 6.26 Å². The van der Waals surface area contributed by atoms with Gasteiger partial charge >= 0.3 is 0 Å². The predicted molar refractivity (Wildman–Crippen MR) is 20.4 cm³/mol. The molecule has 3 heteroatoms. The van der Waals surface area contributed by atoms with E-state index >= 15 is 0 Å². The van der Waals surface area contributed by atoms with Crippen molar-refractivity contribution < 1.29 is 4.84 Å². The summed E-state index contributed by atoms with van der Waals surface area (Å²) in [4.78, 5) is 4.47. The monoisotopic (exact) mass is 85.0 g/mol. The van der Waals surface area contributed by atoms with Gasteiger partial charge in [-0.2, -0.15) is 0 Å². The average Bonchev–Trinajstić information content (AvgIpc) is 1.72. The van der Waals surface area contributed by atoms with Crippen molar-refractivity contribution in [3.63, 3.8) is 0 Å². The lowest BCUT2D eigenvalue weighted by atomic mass is 10.6. The maximum absolute atomic E-state index is 4.47. The van der Waals surface area contributed by atoms with Crippen LogP contribution in [0, 0.1) is 0 Å². The summed E-state index contributed by atoms with van der Waals surface area (Å²) < 4.78 is 0. The van der Waals surface area contributed by atoms with E-state index in [2.05, 4.69) is 15.9 Å². The summed E-state index contributed by atoms with van der Waals surface area (Å²) in [6, 6.07) is 0. The smallest absolute Gasteiger partial charge is 0.110 e. The fourth-order valence-electron chi connectivity index (χ4n) is 0.249. The number of hydrogen-bond donors (Lipinski definition) is 1. The van der Waals surface area contributed by atoms with Gasteiger partial charge in [-0.05, 0) is 6.08 Å². The molecule has 0 amide bonds. The van der Waals surface area contributed by atoms with Gasteiger partial charge in [0.05, 0.1) is 6.54 Å². The van der Waals surface area contributed by atoms with E-state index in [1.54, 1.807) is 6.26 Å². The van der Waals surface area contributed by atoms with Crippen LogP contribution >= 0.6 is 0 Å². The van der Waals surface area contributed by atoms with Crippen LogP contribution in [-0.4, -0.2) is 6.54 Å². The van der Waals surface area contributed by atoms with Gasteiger partial charge < -0.3 is 4.84 Å². The highest BCUT2D eigenvalue weighted by Gasteiger charge is 1.84. The van der Waals surface area contributed by atoms with Crippen molar-refractivity contribution in [1.29, 1.82) is 0 Å². The van der Waals surface area contributed by atoms with E-state index in [4.69, 9.17) is 0 Å². The molecule has 1 aliphatic rings. The zero-order chi connectivity index (χ0) is 4.24. The van der Waals surface area contributed by atoms with Crippen molar-refractivity contribution in [1.82, 2.24) is 11.0 Å². The van der Waals surface area contributed by atoms with Crippen molar-refractivity contribution in [2.75, 3.05) is 6.54 Å². The van der Waals surface area contributed by atoms with Crippen LogP contribution in [-0.2, 0) is 4.84 Å². The van der Waals surface area contributed by atoms with E-state index in [1.807, 2.05) is 6.08 Å². The quantitative estimate of drug-likeness (QED) is 0.432. The highest BCUT2D eigenvalue weighted by Crippen LogP contribution is 1.75. The van der Waals surface area contributed by atoms with Gasteiger partial charge in [0.25, 0.3) is 0 Å². The van der Waals surface area contributed by atoms with Crippen molar-refractivity contribution in [3.8, 4) is 0 Å². The van der Waals surface area contributed by atoms with Crippen LogP contribution in [0.2, 0.25) is 0 Å². The highest BCUT2D eigenvalue weighted by molar-refractivity contribution is 4.76. The van der Waals surface area contributed by atoms with E-state index in [-0.39, 0.29) is 0 Å². The third kappa shape index (κ3) is 0.702. The number of hydrogen-bond acceptors (Lipinski definition) is 2. The SMILES string of the molecule is C1=CON[N]C1. The van der Waals surface area contributed by atoms with Crippen LogP contribution in [0.25, 0.3) is 0 Å². The van der Waals surface area contributed by atoms with E-state index in [9.17, 15) is 0 Å². The van der Waals surface area contributed by atoms with Gasteiger partial charge in [0.2, 0.25) is 0 Å². The molecular formula is C3H5N2O. The molecule has 0 aliphatic carbocycles. The molecule has 0 bridgehead atoms. The summed E-state index contributed by atoms with van der Waals surface area (Å²) in [6.07, 6.45) is 3.38. The molecule has 0 aromatic rings. The van der Waals surface area contributed by atoms with E-state index in [0.717, 1.165) is 0 Å². The lowest BCUT2D eigenvalue weighted by Gasteiger charge is -2.02. The minimum Gasteiger partial charge on any atom is -0.401 e. The minimum atomic E-state index is 0.708.